The quantitative estimate of drug-likeness (QED) is 0.265. The van der Waals surface area contributed by atoms with Crippen molar-refractivity contribution in [2.24, 2.45) is 11.7 Å². The van der Waals surface area contributed by atoms with E-state index in [1.54, 1.807) is 7.11 Å². The number of nitrogens with one attached hydrogen (secondary N) is 2. The molecule has 7 rings (SSSR count). The number of carbonyl (C=O) groups is 3. The summed E-state index contributed by atoms with van der Waals surface area (Å²) in [6, 6.07) is 3.77. The van der Waals surface area contributed by atoms with Gasteiger partial charge in [-0.15, -0.1) is 23.7 Å². The lowest BCUT2D eigenvalue weighted by atomic mass is 10.1. The van der Waals surface area contributed by atoms with Gasteiger partial charge >= 0.3 is 0 Å². The zero-order chi connectivity index (χ0) is 37.7. The molecule has 3 amide bonds. The molecule has 0 bridgehead atoms. The highest BCUT2D eigenvalue weighted by Crippen LogP contribution is 2.46. The van der Waals surface area contributed by atoms with Gasteiger partial charge in [0, 0.05) is 34.7 Å². The number of aromatic nitrogens is 2. The lowest BCUT2D eigenvalue weighted by Gasteiger charge is -2.28. The number of pyridine rings is 1. The Morgan fingerprint density at radius 3 is 2.61 bits per heavy atom. The summed E-state index contributed by atoms with van der Waals surface area (Å²) in [5.41, 5.74) is 8.13. The zero-order valence-electron chi connectivity index (χ0n) is 31.0. The third-order valence-electron chi connectivity index (χ3n) is 10.9. The average molecular weight is 801 g/mol. The highest BCUT2D eigenvalue weighted by Gasteiger charge is 2.62. The molecule has 4 heterocycles. The van der Waals surface area contributed by atoms with Gasteiger partial charge in [-0.1, -0.05) is 38.8 Å². The van der Waals surface area contributed by atoms with Crippen molar-refractivity contribution < 1.29 is 32.3 Å². The van der Waals surface area contributed by atoms with Crippen molar-refractivity contribution in [2.75, 3.05) is 13.7 Å². The van der Waals surface area contributed by atoms with Crippen molar-refractivity contribution in [2.45, 2.75) is 113 Å². The molecule has 54 heavy (non-hydrogen) atoms. The van der Waals surface area contributed by atoms with Crippen LogP contribution in [0.5, 0.6) is 11.5 Å². The third kappa shape index (κ3) is 7.96. The standard InChI is InChI=1S/C38H48N6O7S2.ClH/c1-21(2)29-20-52-35(41-29)28-17-32(26-14-15-31(50-4)22(3)33(26)40-28)51-24-16-30-34(45)42-38(37(47)43-53(48,49)25-12-13-25)18-23(38)10-8-6-5-7-9-11-27(39)36(46)44(30)19-24;/h8,10,14-15,17,20-21,23-25,27,30H,5-7,9,11-13,16,18-19,39H2,1-4H3,(H,42,45)(H,43,47);1H/b10-8-;/t23-,24-,27+,30+,38-;/m1./s1. The van der Waals surface area contributed by atoms with E-state index in [9.17, 15) is 22.8 Å². The first kappa shape index (κ1) is 39.9. The van der Waals surface area contributed by atoms with Crippen molar-refractivity contribution in [3.05, 3.63) is 47.0 Å². The number of fused-ring (bicyclic) bond motifs is 3. The molecule has 1 saturated heterocycles. The molecular formula is C38H49ClN6O7S2. The van der Waals surface area contributed by atoms with Crippen LogP contribution in [0.25, 0.3) is 21.6 Å². The first-order valence-corrected chi connectivity index (χ1v) is 21.0. The summed E-state index contributed by atoms with van der Waals surface area (Å²) in [4.78, 5) is 53.2. The Morgan fingerprint density at radius 2 is 1.91 bits per heavy atom. The van der Waals surface area contributed by atoms with Crippen molar-refractivity contribution in [3.63, 3.8) is 0 Å². The van der Waals surface area contributed by atoms with Gasteiger partial charge in [0.05, 0.1) is 36.2 Å². The minimum absolute atomic E-state index is 0. The Bertz CT molecular complexity index is 2070. The summed E-state index contributed by atoms with van der Waals surface area (Å²) in [6.45, 7) is 6.19. The molecule has 2 aliphatic carbocycles. The van der Waals surface area contributed by atoms with E-state index in [4.69, 9.17) is 25.2 Å². The molecule has 1 aromatic carbocycles. The summed E-state index contributed by atoms with van der Waals surface area (Å²) in [5.74, 6) is -0.601. The number of nitrogens with zero attached hydrogens (tertiary/aromatic N) is 3. The number of sulfonamides is 1. The van der Waals surface area contributed by atoms with Crippen molar-refractivity contribution in [3.8, 4) is 22.2 Å². The van der Waals surface area contributed by atoms with Crippen LogP contribution < -0.4 is 25.2 Å². The normalized spacial score (nSPS) is 26.8. The summed E-state index contributed by atoms with van der Waals surface area (Å²) < 4.78 is 40.2. The summed E-state index contributed by atoms with van der Waals surface area (Å²) in [5, 5.41) is 5.82. The maximum atomic E-state index is 14.3. The highest BCUT2D eigenvalue weighted by atomic mass is 35.5. The molecule has 13 nitrogen and oxygen atoms in total. The molecule has 16 heteroatoms. The van der Waals surface area contributed by atoms with Gasteiger partial charge in [0.2, 0.25) is 21.8 Å². The smallest absolute Gasteiger partial charge is 0.259 e. The predicted molar refractivity (Wildman–Crippen MR) is 209 cm³/mol. The Morgan fingerprint density at radius 1 is 1.13 bits per heavy atom. The number of allylic oxidation sites excluding steroid dienone is 1. The second-order valence-corrected chi connectivity index (χ2v) is 17.9. The first-order chi connectivity index (χ1) is 25.3. The highest BCUT2D eigenvalue weighted by molar-refractivity contribution is 7.91. The maximum absolute atomic E-state index is 14.3. The fourth-order valence-electron chi connectivity index (χ4n) is 7.40. The van der Waals surface area contributed by atoms with Gasteiger partial charge in [-0.25, -0.2) is 18.4 Å². The van der Waals surface area contributed by atoms with Crippen LogP contribution in [-0.2, 0) is 24.4 Å². The van der Waals surface area contributed by atoms with E-state index in [1.165, 1.54) is 16.2 Å². The molecule has 4 N–H and O–H groups in total. The Labute approximate surface area is 326 Å². The lowest BCUT2D eigenvalue weighted by molar-refractivity contribution is -0.140. The second kappa shape index (κ2) is 15.8. The number of benzene rings is 1. The number of hydrogen-bond acceptors (Lipinski definition) is 11. The fraction of sp³-hybridized carbons (Fsp3) is 0.553. The van der Waals surface area contributed by atoms with Gasteiger partial charge < -0.3 is 25.4 Å². The van der Waals surface area contributed by atoms with Crippen LogP contribution in [-0.4, -0.2) is 83.6 Å². The van der Waals surface area contributed by atoms with E-state index in [-0.39, 0.29) is 49.5 Å². The van der Waals surface area contributed by atoms with Crippen LogP contribution in [0.3, 0.4) is 0 Å². The summed E-state index contributed by atoms with van der Waals surface area (Å²) in [7, 11) is -2.24. The van der Waals surface area contributed by atoms with Gasteiger partial charge in [0.15, 0.2) is 0 Å². The largest absolute Gasteiger partial charge is 0.496 e. The van der Waals surface area contributed by atoms with Crippen LogP contribution in [0.1, 0.15) is 88.8 Å². The molecule has 3 fully saturated rings. The molecule has 2 aromatic heterocycles. The van der Waals surface area contributed by atoms with E-state index in [0.29, 0.717) is 42.0 Å². The summed E-state index contributed by atoms with van der Waals surface area (Å²) >= 11 is 1.50. The topological polar surface area (TPSA) is 183 Å². The minimum atomic E-state index is -3.85. The molecular weight excluding hydrogens is 752 g/mol. The van der Waals surface area contributed by atoms with E-state index in [0.717, 1.165) is 47.3 Å². The third-order valence-corrected chi connectivity index (χ3v) is 13.6. The van der Waals surface area contributed by atoms with Crippen molar-refractivity contribution >= 4 is 62.4 Å². The summed E-state index contributed by atoms with van der Waals surface area (Å²) in [6.07, 6.45) is 8.38. The molecule has 2 saturated carbocycles. The number of carbonyl (C=O) groups excluding carboxylic acids is 3. The maximum Gasteiger partial charge on any atom is 0.259 e. The van der Waals surface area contributed by atoms with Gasteiger partial charge in [0.25, 0.3) is 5.91 Å². The van der Waals surface area contributed by atoms with Gasteiger partial charge in [-0.3, -0.25) is 19.1 Å². The number of thiazole rings is 1. The zero-order valence-corrected chi connectivity index (χ0v) is 33.5. The lowest BCUT2D eigenvalue weighted by Crippen LogP contribution is -2.57. The molecule has 5 atom stereocenters. The Hall–Kier alpha value is -3.79. The van der Waals surface area contributed by atoms with E-state index < -0.39 is 50.8 Å². The number of halogens is 1. The molecule has 0 unspecified atom stereocenters. The molecule has 3 aromatic rings. The van der Waals surface area contributed by atoms with Crippen LogP contribution in [0.15, 0.2) is 35.7 Å². The second-order valence-electron chi connectivity index (χ2n) is 15.1. The number of rotatable bonds is 8. The van der Waals surface area contributed by atoms with E-state index in [1.807, 2.05) is 42.7 Å². The van der Waals surface area contributed by atoms with Gasteiger partial charge in [0.1, 0.15) is 39.9 Å². The minimum Gasteiger partial charge on any atom is -0.496 e. The van der Waals surface area contributed by atoms with Crippen LogP contribution in [0, 0.1) is 12.8 Å². The SMILES string of the molecule is COc1ccc2c(O[C@@H]3C[C@H]4C(=O)N[C@]5(C(=O)NS(=O)(=O)C6CC6)C[C@H]5/C=C\CCCCC[C@H](N)C(=O)N4C3)cc(-c3nc(C(C)C)cs3)nc2c1C.Cl. The molecule has 0 radical (unpaired) electrons. The number of hydrogen-bond donors (Lipinski definition) is 3. The number of amides is 3. The van der Waals surface area contributed by atoms with E-state index >= 15 is 0 Å². The Kier molecular flexibility index (Phi) is 11.6. The first-order valence-electron chi connectivity index (χ1n) is 18.5. The molecule has 4 aliphatic rings. The van der Waals surface area contributed by atoms with Crippen molar-refractivity contribution in [1.29, 1.82) is 0 Å². The fourth-order valence-corrected chi connectivity index (χ4v) is 9.70. The number of methoxy groups -OCH3 is 1. The molecule has 2 aliphatic heterocycles. The molecule has 0 spiro atoms. The van der Waals surface area contributed by atoms with Crippen LogP contribution in [0.2, 0.25) is 0 Å². The van der Waals surface area contributed by atoms with Crippen molar-refractivity contribution in [1.82, 2.24) is 24.9 Å². The number of nitrogens with two attached hydrogens (primary N) is 1. The number of ether oxygens (including phenoxy) is 2. The van der Waals surface area contributed by atoms with Gasteiger partial charge in [-0.2, -0.15) is 0 Å². The van der Waals surface area contributed by atoms with Crippen LogP contribution in [0.4, 0.5) is 0 Å². The Balaban J connectivity index is 0.00000497. The average Bonchev–Trinajstić information content (AvgIpc) is 4.00. The van der Waals surface area contributed by atoms with Crippen LogP contribution >= 0.6 is 23.7 Å². The van der Waals surface area contributed by atoms with Gasteiger partial charge in [-0.05, 0) is 63.5 Å². The molecule has 292 valence electrons. The van der Waals surface area contributed by atoms with E-state index in [2.05, 4.69) is 23.9 Å². The monoisotopic (exact) mass is 800 g/mol. The number of aryl methyl sites for hydroxylation is 1. The predicted octanol–water partition coefficient (Wildman–Crippen LogP) is 4.90.